The first-order valence-electron chi connectivity index (χ1n) is 12.1. The van der Waals surface area contributed by atoms with E-state index in [1.54, 1.807) is 24.4 Å². The number of nitrogens with zero attached hydrogens (tertiary/aromatic N) is 1. The van der Waals surface area contributed by atoms with Gasteiger partial charge in [-0.2, -0.15) is 0 Å². The van der Waals surface area contributed by atoms with Crippen molar-refractivity contribution in [2.24, 2.45) is 17.6 Å². The molecular formula is C28H32N4O3. The summed E-state index contributed by atoms with van der Waals surface area (Å²) in [5.41, 5.74) is 15.3. The summed E-state index contributed by atoms with van der Waals surface area (Å²) in [7, 11) is 0. The minimum Gasteiger partial charge on any atom is -0.478 e. The molecule has 1 aliphatic carbocycles. The minimum atomic E-state index is -1.07. The zero-order valence-corrected chi connectivity index (χ0v) is 19.7. The molecule has 2 aromatic carbocycles. The Morgan fingerprint density at radius 2 is 1.71 bits per heavy atom. The number of carboxylic acid groups (broad SMARTS) is 1. The number of nitrogens with two attached hydrogens (primary N) is 2. The Morgan fingerprint density at radius 1 is 1.00 bits per heavy atom. The predicted octanol–water partition coefficient (Wildman–Crippen LogP) is 4.19. The lowest BCUT2D eigenvalue weighted by molar-refractivity contribution is -0.127. The van der Waals surface area contributed by atoms with Crippen molar-refractivity contribution in [3.05, 3.63) is 83.7 Å². The Kier molecular flexibility index (Phi) is 7.77. The van der Waals surface area contributed by atoms with E-state index in [1.807, 2.05) is 42.5 Å². The van der Waals surface area contributed by atoms with E-state index in [0.717, 1.165) is 48.1 Å². The number of rotatable bonds is 8. The average Bonchev–Trinajstić information content (AvgIpc) is 2.89. The second-order valence-electron chi connectivity index (χ2n) is 9.28. The van der Waals surface area contributed by atoms with Crippen LogP contribution in [-0.4, -0.2) is 28.5 Å². The number of carbonyl (C=O) groups is 2. The van der Waals surface area contributed by atoms with E-state index in [9.17, 15) is 14.7 Å². The molecule has 6 N–H and O–H groups in total. The number of carbonyl (C=O) groups excluding carboxylic acids is 1. The molecule has 1 unspecified atom stereocenters. The van der Waals surface area contributed by atoms with Gasteiger partial charge in [-0.05, 0) is 85.5 Å². The van der Waals surface area contributed by atoms with E-state index in [1.165, 1.54) is 0 Å². The first-order chi connectivity index (χ1) is 16.9. The van der Waals surface area contributed by atoms with Crippen molar-refractivity contribution in [2.75, 3.05) is 12.3 Å². The molecule has 0 saturated heterocycles. The molecule has 1 fully saturated rings. The number of aromatic nitrogens is 1. The molecule has 7 heteroatoms. The summed E-state index contributed by atoms with van der Waals surface area (Å²) >= 11 is 0. The number of aromatic carboxylic acids is 1. The number of benzene rings is 2. The number of nitrogens with one attached hydrogen (secondary N) is 1. The summed E-state index contributed by atoms with van der Waals surface area (Å²) in [6, 6.07) is 18.4. The largest absolute Gasteiger partial charge is 0.478 e. The molecule has 182 valence electrons. The summed E-state index contributed by atoms with van der Waals surface area (Å²) < 4.78 is 0. The molecule has 0 spiro atoms. The fraction of sp³-hybridized carbons (Fsp3) is 0.321. The Balaban J connectivity index is 1.60. The van der Waals surface area contributed by atoms with E-state index in [2.05, 4.69) is 10.3 Å². The van der Waals surface area contributed by atoms with Crippen LogP contribution in [0.2, 0.25) is 0 Å². The van der Waals surface area contributed by atoms with Gasteiger partial charge in [-0.15, -0.1) is 0 Å². The highest BCUT2D eigenvalue weighted by Gasteiger charge is 2.28. The fourth-order valence-corrected chi connectivity index (χ4v) is 4.77. The molecule has 3 aromatic rings. The van der Waals surface area contributed by atoms with Crippen LogP contribution in [0.4, 0.5) is 5.69 Å². The van der Waals surface area contributed by atoms with Gasteiger partial charge < -0.3 is 21.9 Å². The van der Waals surface area contributed by atoms with Gasteiger partial charge in [0.05, 0.1) is 17.3 Å². The predicted molar refractivity (Wildman–Crippen MR) is 137 cm³/mol. The van der Waals surface area contributed by atoms with E-state index in [4.69, 9.17) is 11.5 Å². The van der Waals surface area contributed by atoms with E-state index in [-0.39, 0.29) is 29.1 Å². The molecule has 1 aliphatic rings. The average molecular weight is 473 g/mol. The van der Waals surface area contributed by atoms with Gasteiger partial charge in [-0.3, -0.25) is 9.78 Å². The highest BCUT2D eigenvalue weighted by Crippen LogP contribution is 2.30. The summed E-state index contributed by atoms with van der Waals surface area (Å²) in [5.74, 6) is -0.533. The number of amides is 1. The SMILES string of the molecule is NCC1CCC(C(=O)NC(Cc2ccccc2)c2cc(-c3ccc(N)c(C(=O)O)c3)ccn2)CC1. The zero-order valence-electron chi connectivity index (χ0n) is 19.7. The lowest BCUT2D eigenvalue weighted by Crippen LogP contribution is -2.37. The highest BCUT2D eigenvalue weighted by atomic mass is 16.4. The van der Waals surface area contributed by atoms with Crippen molar-refractivity contribution in [3.8, 4) is 11.1 Å². The van der Waals surface area contributed by atoms with Crippen molar-refractivity contribution in [1.29, 1.82) is 0 Å². The number of nitrogen functional groups attached to an aromatic ring is 1. The van der Waals surface area contributed by atoms with Crippen molar-refractivity contribution in [3.63, 3.8) is 0 Å². The Morgan fingerprint density at radius 3 is 2.40 bits per heavy atom. The van der Waals surface area contributed by atoms with Crippen LogP contribution < -0.4 is 16.8 Å². The maximum absolute atomic E-state index is 13.2. The first-order valence-corrected chi connectivity index (χ1v) is 12.1. The monoisotopic (exact) mass is 472 g/mol. The van der Waals surface area contributed by atoms with Gasteiger partial charge in [0.25, 0.3) is 0 Å². The van der Waals surface area contributed by atoms with Crippen LogP contribution in [0.3, 0.4) is 0 Å². The van der Waals surface area contributed by atoms with Gasteiger partial charge in [0, 0.05) is 17.8 Å². The fourth-order valence-electron chi connectivity index (χ4n) is 4.77. The Labute approximate surface area is 205 Å². The molecule has 0 bridgehead atoms. The molecule has 1 amide bonds. The van der Waals surface area contributed by atoms with Crippen LogP contribution in [-0.2, 0) is 11.2 Å². The summed E-state index contributed by atoms with van der Waals surface area (Å²) in [6.45, 7) is 0.677. The van der Waals surface area contributed by atoms with Crippen LogP contribution in [0.25, 0.3) is 11.1 Å². The van der Waals surface area contributed by atoms with E-state index >= 15 is 0 Å². The van der Waals surface area contributed by atoms with Crippen LogP contribution in [0.15, 0.2) is 66.9 Å². The first kappa shape index (κ1) is 24.4. The standard InChI is InChI=1S/C28H32N4O3/c29-17-19-6-8-20(9-7-19)27(33)32-26(14-18-4-2-1-3-5-18)25-16-22(12-13-31-25)21-10-11-24(30)23(15-21)28(34)35/h1-5,10-13,15-16,19-20,26H,6-9,14,17,29-30H2,(H,32,33)(H,34,35). The molecule has 1 atom stereocenters. The molecule has 1 heterocycles. The Bertz CT molecular complexity index is 1170. The molecule has 0 aliphatic heterocycles. The van der Waals surface area contributed by atoms with Crippen LogP contribution >= 0.6 is 0 Å². The summed E-state index contributed by atoms with van der Waals surface area (Å²) in [4.78, 5) is 29.4. The van der Waals surface area contributed by atoms with Crippen molar-refractivity contribution in [2.45, 2.75) is 38.1 Å². The van der Waals surface area contributed by atoms with Gasteiger partial charge in [-0.1, -0.05) is 36.4 Å². The molecule has 1 saturated carbocycles. The lowest BCUT2D eigenvalue weighted by atomic mass is 9.81. The van der Waals surface area contributed by atoms with Crippen LogP contribution in [0, 0.1) is 11.8 Å². The molecule has 4 rings (SSSR count). The van der Waals surface area contributed by atoms with Crippen molar-refractivity contribution < 1.29 is 14.7 Å². The van der Waals surface area contributed by atoms with Gasteiger partial charge >= 0.3 is 5.97 Å². The van der Waals surface area contributed by atoms with Gasteiger partial charge in [0.1, 0.15) is 0 Å². The second kappa shape index (κ2) is 11.1. The third-order valence-corrected chi connectivity index (χ3v) is 6.91. The number of carboxylic acids is 1. The maximum atomic E-state index is 13.2. The van der Waals surface area contributed by atoms with Gasteiger partial charge in [0.15, 0.2) is 0 Å². The van der Waals surface area contributed by atoms with Crippen LogP contribution in [0.1, 0.15) is 53.3 Å². The smallest absolute Gasteiger partial charge is 0.337 e. The second-order valence-corrected chi connectivity index (χ2v) is 9.28. The van der Waals surface area contributed by atoms with Gasteiger partial charge in [0.2, 0.25) is 5.91 Å². The zero-order chi connectivity index (χ0) is 24.8. The highest BCUT2D eigenvalue weighted by molar-refractivity contribution is 5.95. The third-order valence-electron chi connectivity index (χ3n) is 6.91. The van der Waals surface area contributed by atoms with Gasteiger partial charge in [-0.25, -0.2) is 4.79 Å². The van der Waals surface area contributed by atoms with Crippen molar-refractivity contribution in [1.82, 2.24) is 10.3 Å². The third kappa shape index (κ3) is 6.05. The Hall–Kier alpha value is -3.71. The van der Waals surface area contributed by atoms with Crippen molar-refractivity contribution >= 4 is 17.6 Å². The normalized spacial score (nSPS) is 18.5. The number of anilines is 1. The quantitative estimate of drug-likeness (QED) is 0.364. The summed E-state index contributed by atoms with van der Waals surface area (Å²) in [6.07, 6.45) is 5.95. The summed E-state index contributed by atoms with van der Waals surface area (Å²) in [5, 5.41) is 12.7. The lowest BCUT2D eigenvalue weighted by Gasteiger charge is -2.28. The maximum Gasteiger partial charge on any atom is 0.337 e. The molecule has 35 heavy (non-hydrogen) atoms. The van der Waals surface area contributed by atoms with E-state index in [0.29, 0.717) is 18.9 Å². The number of hydrogen-bond acceptors (Lipinski definition) is 5. The molecule has 7 nitrogen and oxygen atoms in total. The molecule has 1 aromatic heterocycles. The number of hydrogen-bond donors (Lipinski definition) is 4. The molecular weight excluding hydrogens is 440 g/mol. The van der Waals surface area contributed by atoms with Crippen LogP contribution in [0.5, 0.6) is 0 Å². The minimum absolute atomic E-state index is 0.0190. The van der Waals surface area contributed by atoms with E-state index < -0.39 is 5.97 Å². The topological polar surface area (TPSA) is 131 Å². The number of pyridine rings is 1. The molecule has 0 radical (unpaired) electrons.